The molecular formula is C19H20BrFN2O3S. The SMILES string of the molecule is O=C(Nc1cccc(F)c1)C1CCN(S(=O)(=O)Cc2ccc(Br)cc2)CC1. The van der Waals surface area contributed by atoms with Crippen molar-refractivity contribution >= 4 is 37.5 Å². The summed E-state index contributed by atoms with van der Waals surface area (Å²) in [5, 5.41) is 2.70. The van der Waals surface area contributed by atoms with Crippen LogP contribution >= 0.6 is 15.9 Å². The Morgan fingerprint density at radius 3 is 2.44 bits per heavy atom. The summed E-state index contributed by atoms with van der Waals surface area (Å²) in [6, 6.07) is 12.9. The molecule has 0 aliphatic carbocycles. The lowest BCUT2D eigenvalue weighted by molar-refractivity contribution is -0.120. The molecule has 1 saturated heterocycles. The van der Waals surface area contributed by atoms with E-state index in [0.717, 1.165) is 10.0 Å². The van der Waals surface area contributed by atoms with Gasteiger partial charge in [-0.1, -0.05) is 34.1 Å². The Bertz CT molecular complexity index is 911. The van der Waals surface area contributed by atoms with Gasteiger partial charge in [-0.15, -0.1) is 0 Å². The maximum absolute atomic E-state index is 13.2. The molecule has 0 unspecified atom stereocenters. The number of carbonyl (C=O) groups excluding carboxylic acids is 1. The zero-order valence-corrected chi connectivity index (χ0v) is 17.0. The van der Waals surface area contributed by atoms with Gasteiger partial charge in [0.15, 0.2) is 0 Å². The van der Waals surface area contributed by atoms with Crippen molar-refractivity contribution in [2.45, 2.75) is 18.6 Å². The number of benzene rings is 2. The van der Waals surface area contributed by atoms with Crippen LogP contribution < -0.4 is 5.32 Å². The number of hydrogen-bond acceptors (Lipinski definition) is 3. The minimum absolute atomic E-state index is 0.0551. The molecule has 3 rings (SSSR count). The van der Waals surface area contributed by atoms with Crippen molar-refractivity contribution in [1.29, 1.82) is 0 Å². The zero-order chi connectivity index (χ0) is 19.4. The van der Waals surface area contributed by atoms with Crippen LogP contribution in [0.15, 0.2) is 53.0 Å². The van der Waals surface area contributed by atoms with E-state index in [2.05, 4.69) is 21.2 Å². The van der Waals surface area contributed by atoms with Crippen molar-refractivity contribution in [3.05, 3.63) is 64.4 Å². The summed E-state index contributed by atoms with van der Waals surface area (Å²) in [6.07, 6.45) is 0.890. The fourth-order valence-electron chi connectivity index (χ4n) is 3.09. The molecule has 0 atom stereocenters. The van der Waals surface area contributed by atoms with Crippen LogP contribution in [0.25, 0.3) is 0 Å². The van der Waals surface area contributed by atoms with Crippen LogP contribution in [0.3, 0.4) is 0 Å². The molecule has 27 heavy (non-hydrogen) atoms. The molecule has 2 aromatic rings. The Kier molecular flexibility index (Phi) is 6.29. The molecule has 1 fully saturated rings. The highest BCUT2D eigenvalue weighted by Gasteiger charge is 2.31. The highest BCUT2D eigenvalue weighted by atomic mass is 79.9. The second-order valence-corrected chi connectivity index (χ2v) is 9.44. The van der Waals surface area contributed by atoms with Gasteiger partial charge in [-0.2, -0.15) is 0 Å². The van der Waals surface area contributed by atoms with Crippen molar-refractivity contribution in [3.8, 4) is 0 Å². The summed E-state index contributed by atoms with van der Waals surface area (Å²) in [7, 11) is -3.43. The molecule has 1 N–H and O–H groups in total. The third kappa shape index (κ3) is 5.37. The van der Waals surface area contributed by atoms with Gasteiger partial charge in [-0.3, -0.25) is 4.79 Å². The molecule has 0 radical (unpaired) electrons. The lowest BCUT2D eigenvalue weighted by atomic mass is 9.97. The third-order valence-corrected chi connectivity index (χ3v) is 6.95. The second-order valence-electron chi connectivity index (χ2n) is 6.56. The number of nitrogens with zero attached hydrogens (tertiary/aromatic N) is 1. The summed E-state index contributed by atoms with van der Waals surface area (Å²) in [5.41, 5.74) is 1.13. The normalized spacial score (nSPS) is 16.2. The van der Waals surface area contributed by atoms with E-state index in [1.807, 2.05) is 12.1 Å². The fraction of sp³-hybridized carbons (Fsp3) is 0.316. The number of hydrogen-bond donors (Lipinski definition) is 1. The Morgan fingerprint density at radius 1 is 1.15 bits per heavy atom. The summed E-state index contributed by atoms with van der Waals surface area (Å²) < 4.78 is 40.8. The van der Waals surface area contributed by atoms with Gasteiger partial charge in [0.25, 0.3) is 0 Å². The molecule has 0 spiro atoms. The first-order valence-corrected chi connectivity index (χ1v) is 11.0. The van der Waals surface area contributed by atoms with E-state index in [9.17, 15) is 17.6 Å². The molecule has 0 bridgehead atoms. The Morgan fingerprint density at radius 2 is 1.81 bits per heavy atom. The van der Waals surface area contributed by atoms with Crippen LogP contribution in [0.2, 0.25) is 0 Å². The first-order valence-electron chi connectivity index (χ1n) is 8.62. The lowest BCUT2D eigenvalue weighted by Crippen LogP contribution is -2.41. The number of nitrogens with one attached hydrogen (secondary N) is 1. The van der Waals surface area contributed by atoms with Gasteiger partial charge in [0.05, 0.1) is 5.75 Å². The molecule has 144 valence electrons. The van der Waals surface area contributed by atoms with Gasteiger partial charge in [-0.25, -0.2) is 17.1 Å². The van der Waals surface area contributed by atoms with Crippen molar-refractivity contribution in [1.82, 2.24) is 4.31 Å². The second kappa shape index (κ2) is 8.50. The van der Waals surface area contributed by atoms with Crippen LogP contribution in [0, 0.1) is 11.7 Å². The lowest BCUT2D eigenvalue weighted by Gasteiger charge is -2.30. The number of anilines is 1. The van der Waals surface area contributed by atoms with E-state index in [0.29, 0.717) is 31.6 Å². The topological polar surface area (TPSA) is 66.5 Å². The van der Waals surface area contributed by atoms with Gasteiger partial charge < -0.3 is 5.32 Å². The third-order valence-electron chi connectivity index (χ3n) is 4.57. The number of piperidine rings is 1. The first kappa shape index (κ1) is 20.0. The van der Waals surface area contributed by atoms with Gasteiger partial charge in [0.2, 0.25) is 15.9 Å². The van der Waals surface area contributed by atoms with Gasteiger partial charge in [-0.05, 0) is 48.7 Å². The Balaban J connectivity index is 1.56. The van der Waals surface area contributed by atoms with Crippen molar-refractivity contribution in [2.24, 2.45) is 5.92 Å². The van der Waals surface area contributed by atoms with Gasteiger partial charge in [0, 0.05) is 29.2 Å². The van der Waals surface area contributed by atoms with E-state index < -0.39 is 15.8 Å². The molecule has 0 saturated carbocycles. The predicted octanol–water partition coefficient (Wildman–Crippen LogP) is 3.77. The molecule has 2 aromatic carbocycles. The zero-order valence-electron chi connectivity index (χ0n) is 14.6. The minimum Gasteiger partial charge on any atom is -0.326 e. The van der Waals surface area contributed by atoms with E-state index in [1.54, 1.807) is 18.2 Å². The van der Waals surface area contributed by atoms with E-state index in [1.165, 1.54) is 22.5 Å². The van der Waals surface area contributed by atoms with Crippen LogP contribution in [0.1, 0.15) is 18.4 Å². The highest BCUT2D eigenvalue weighted by Crippen LogP contribution is 2.23. The average molecular weight is 455 g/mol. The number of amides is 1. The molecule has 8 heteroatoms. The fourth-order valence-corrected chi connectivity index (χ4v) is 4.92. The van der Waals surface area contributed by atoms with Crippen LogP contribution in [-0.4, -0.2) is 31.7 Å². The molecule has 1 aliphatic heterocycles. The summed E-state index contributed by atoms with van der Waals surface area (Å²) in [5.74, 6) is -0.958. The van der Waals surface area contributed by atoms with Gasteiger partial charge >= 0.3 is 0 Å². The Hall–Kier alpha value is -1.77. The molecule has 1 heterocycles. The number of carbonyl (C=O) groups is 1. The van der Waals surface area contributed by atoms with Crippen molar-refractivity contribution in [3.63, 3.8) is 0 Å². The number of halogens is 2. The van der Waals surface area contributed by atoms with E-state index in [-0.39, 0.29) is 17.6 Å². The minimum atomic E-state index is -3.43. The quantitative estimate of drug-likeness (QED) is 0.747. The summed E-state index contributed by atoms with van der Waals surface area (Å²) >= 11 is 3.33. The molecule has 1 amide bonds. The highest BCUT2D eigenvalue weighted by molar-refractivity contribution is 9.10. The first-order chi connectivity index (χ1) is 12.8. The average Bonchev–Trinajstić information content (AvgIpc) is 2.63. The molecule has 0 aromatic heterocycles. The molecule has 1 aliphatic rings. The van der Waals surface area contributed by atoms with Crippen molar-refractivity contribution in [2.75, 3.05) is 18.4 Å². The smallest absolute Gasteiger partial charge is 0.227 e. The van der Waals surface area contributed by atoms with Crippen LogP contribution in [0.4, 0.5) is 10.1 Å². The standard InChI is InChI=1S/C19H20BrFN2O3S/c20-16-6-4-14(5-7-16)13-27(25,26)23-10-8-15(9-11-23)19(24)22-18-3-1-2-17(21)12-18/h1-7,12,15H,8-11,13H2,(H,22,24). The van der Waals surface area contributed by atoms with E-state index >= 15 is 0 Å². The largest absolute Gasteiger partial charge is 0.326 e. The predicted molar refractivity (Wildman–Crippen MR) is 106 cm³/mol. The molecule has 5 nitrogen and oxygen atoms in total. The molecular weight excluding hydrogens is 435 g/mol. The van der Waals surface area contributed by atoms with Crippen LogP contribution in [0.5, 0.6) is 0 Å². The Labute approximate surface area is 166 Å². The maximum atomic E-state index is 13.2. The maximum Gasteiger partial charge on any atom is 0.227 e. The number of sulfonamides is 1. The van der Waals surface area contributed by atoms with E-state index in [4.69, 9.17) is 0 Å². The van der Waals surface area contributed by atoms with Crippen molar-refractivity contribution < 1.29 is 17.6 Å². The summed E-state index contributed by atoms with van der Waals surface area (Å²) in [6.45, 7) is 0.611. The van der Waals surface area contributed by atoms with Crippen LogP contribution in [-0.2, 0) is 20.6 Å². The van der Waals surface area contributed by atoms with Gasteiger partial charge in [0.1, 0.15) is 5.82 Å². The number of rotatable bonds is 5. The summed E-state index contributed by atoms with van der Waals surface area (Å²) in [4.78, 5) is 12.4. The monoisotopic (exact) mass is 454 g/mol.